The first-order chi connectivity index (χ1) is 28.9. The fraction of sp³-hybridized carbons (Fsp3) is 0.740. The van der Waals surface area contributed by atoms with Crippen molar-refractivity contribution in [3.05, 3.63) is 47.6 Å². The van der Waals surface area contributed by atoms with Crippen LogP contribution in [0.3, 0.4) is 0 Å². The Morgan fingerprint density at radius 1 is 0.902 bits per heavy atom. The van der Waals surface area contributed by atoms with Crippen LogP contribution in [0.15, 0.2) is 47.6 Å². The summed E-state index contributed by atoms with van der Waals surface area (Å²) in [4.78, 5) is 65.8. The quantitative estimate of drug-likeness (QED) is 0.0545. The molecule has 1 aliphatic carbocycles. The van der Waals surface area contributed by atoms with E-state index in [4.69, 9.17) is 14.2 Å². The molecule has 3 rings (SSSR count). The average molecular weight is 854 g/mol. The van der Waals surface area contributed by atoms with Crippen molar-refractivity contribution in [2.75, 3.05) is 20.8 Å². The Kier molecular flexibility index (Phi) is 22.0. The fourth-order valence-corrected chi connectivity index (χ4v) is 9.49. The third-order valence-electron chi connectivity index (χ3n) is 13.5. The van der Waals surface area contributed by atoms with Gasteiger partial charge in [0.15, 0.2) is 5.78 Å². The van der Waals surface area contributed by atoms with E-state index in [2.05, 4.69) is 19.9 Å². The topological polar surface area (TPSA) is 157 Å². The van der Waals surface area contributed by atoms with E-state index < -0.39 is 47.6 Å². The summed E-state index contributed by atoms with van der Waals surface area (Å²) in [7, 11) is 3.38. The van der Waals surface area contributed by atoms with Crippen LogP contribution in [0, 0.1) is 35.5 Å². The number of likely N-dealkylation sites (tertiary alicyclic amines) is 1. The predicted octanol–water partition coefficient (Wildman–Crippen LogP) is 9.16. The van der Waals surface area contributed by atoms with Crippen LogP contribution in [0.1, 0.15) is 151 Å². The zero-order valence-electron chi connectivity index (χ0n) is 38.9. The van der Waals surface area contributed by atoms with Crippen LogP contribution in [-0.2, 0) is 38.2 Å². The second kappa shape index (κ2) is 25.8. The van der Waals surface area contributed by atoms with Gasteiger partial charge in [-0.15, -0.1) is 0 Å². The average Bonchev–Trinajstić information content (AvgIpc) is 3.24. The summed E-state index contributed by atoms with van der Waals surface area (Å²) in [5.74, 6) is -4.86. The van der Waals surface area contributed by atoms with E-state index in [9.17, 15) is 34.2 Å². The number of ether oxygens (including phenoxy) is 3. The highest BCUT2D eigenvalue weighted by molar-refractivity contribution is 6.39. The van der Waals surface area contributed by atoms with Gasteiger partial charge >= 0.3 is 5.97 Å². The Morgan fingerprint density at radius 3 is 2.33 bits per heavy atom. The number of carboxylic acid groups (broad SMARTS) is 1. The molecule has 11 heteroatoms. The van der Waals surface area contributed by atoms with E-state index in [0.717, 1.165) is 41.7 Å². The van der Waals surface area contributed by atoms with Crippen molar-refractivity contribution in [3.63, 3.8) is 0 Å². The van der Waals surface area contributed by atoms with Crippen molar-refractivity contribution >= 4 is 29.2 Å². The SMILES string of the molecule is CO[C@H]1CCCC(C[C@@H](C)CCC(=O)[C@H](C)/C=C(\C)C[C@@H](OC)C(=O)[C@H](C)C[C@H](C)/C=C/C=C/C=C(\C)CC[C@@H]2CC[C@@H](C)[C@](O)(C(=O)C(=O)N3CCCC[C@H]3C(=O)O)O2)C1. The second-order valence-corrected chi connectivity index (χ2v) is 18.9. The lowest BCUT2D eigenvalue weighted by Crippen LogP contribution is -2.60. The van der Waals surface area contributed by atoms with Gasteiger partial charge in [0.1, 0.15) is 17.9 Å². The molecule has 2 N–H and O–H groups in total. The molecule has 0 spiro atoms. The summed E-state index contributed by atoms with van der Waals surface area (Å²) in [5.41, 5.74) is 2.07. The van der Waals surface area contributed by atoms with Gasteiger partial charge in [-0.1, -0.05) is 95.1 Å². The molecule has 0 aromatic rings. The minimum atomic E-state index is -2.29. The molecule has 61 heavy (non-hydrogen) atoms. The zero-order chi connectivity index (χ0) is 45.3. The van der Waals surface area contributed by atoms with Crippen LogP contribution < -0.4 is 0 Å². The van der Waals surface area contributed by atoms with Crippen molar-refractivity contribution in [1.82, 2.24) is 4.90 Å². The fourth-order valence-electron chi connectivity index (χ4n) is 9.49. The van der Waals surface area contributed by atoms with E-state index in [1.165, 1.54) is 12.8 Å². The van der Waals surface area contributed by atoms with Crippen LogP contribution in [0.4, 0.5) is 0 Å². The number of hydrogen-bond acceptors (Lipinski definition) is 9. The molecule has 1 amide bonds. The molecule has 0 aromatic carbocycles. The molecule has 0 bridgehead atoms. The highest BCUT2D eigenvalue weighted by Gasteiger charge is 2.52. The number of allylic oxidation sites excluding steroid dienone is 7. The third kappa shape index (κ3) is 16.4. The normalized spacial score (nSPS) is 28.0. The number of carbonyl (C=O) groups excluding carboxylic acids is 4. The van der Waals surface area contributed by atoms with Gasteiger partial charge in [-0.3, -0.25) is 19.2 Å². The second-order valence-electron chi connectivity index (χ2n) is 18.9. The number of rotatable bonds is 24. The maximum absolute atomic E-state index is 13.4. The summed E-state index contributed by atoms with van der Waals surface area (Å²) >= 11 is 0. The molecule has 1 unspecified atom stereocenters. The number of nitrogens with zero attached hydrogens (tertiary/aromatic N) is 1. The van der Waals surface area contributed by atoms with Crippen molar-refractivity contribution in [3.8, 4) is 0 Å². The molecule has 0 aromatic heterocycles. The van der Waals surface area contributed by atoms with Crippen LogP contribution >= 0.6 is 0 Å². The standard InChI is InChI=1S/C50H79NO10/c1-33(21-24-41-25-23-39(7)50(58,61-41)47(54)48(55)51-27-14-13-20-43(51)49(56)57)16-11-10-12-17-34(2)28-38(6)46(53)45(60-9)31-36(4)29-37(5)44(52)26-22-35(3)30-40-18-15-19-42(32-40)59-8/h10-12,16-17,29,34-35,37-43,45,58H,13-15,18-28,30-32H2,1-9H3,(H,56,57)/b11-10+,17-12+,33-16+,36-29+/t34-,35+,37-,38-,39-,40?,41-,42+,43+,45-,50-/m1/s1. The Morgan fingerprint density at radius 2 is 1.64 bits per heavy atom. The molecule has 3 aliphatic rings. The highest BCUT2D eigenvalue weighted by Crippen LogP contribution is 2.36. The molecule has 11 atom stereocenters. The number of hydrogen-bond donors (Lipinski definition) is 2. The summed E-state index contributed by atoms with van der Waals surface area (Å²) in [6, 6.07) is -1.08. The monoisotopic (exact) mass is 854 g/mol. The Bertz CT molecular complexity index is 1580. The summed E-state index contributed by atoms with van der Waals surface area (Å²) in [6.07, 6.45) is 23.8. The zero-order valence-corrected chi connectivity index (χ0v) is 38.9. The molecule has 344 valence electrons. The molecule has 3 fully saturated rings. The summed E-state index contributed by atoms with van der Waals surface area (Å²) < 4.78 is 17.2. The molecule has 1 saturated carbocycles. The highest BCUT2D eigenvalue weighted by atomic mass is 16.6. The van der Waals surface area contributed by atoms with Gasteiger partial charge < -0.3 is 29.3 Å². The van der Waals surface area contributed by atoms with Gasteiger partial charge in [-0.25, -0.2) is 4.79 Å². The van der Waals surface area contributed by atoms with Crippen molar-refractivity contribution in [1.29, 1.82) is 0 Å². The minimum absolute atomic E-state index is 0.0652. The summed E-state index contributed by atoms with van der Waals surface area (Å²) in [6.45, 7) is 14.1. The number of amides is 1. The van der Waals surface area contributed by atoms with Gasteiger partial charge in [0.2, 0.25) is 5.79 Å². The summed E-state index contributed by atoms with van der Waals surface area (Å²) in [5, 5.41) is 20.9. The van der Waals surface area contributed by atoms with E-state index in [1.54, 1.807) is 14.0 Å². The van der Waals surface area contributed by atoms with Gasteiger partial charge in [0, 0.05) is 51.4 Å². The van der Waals surface area contributed by atoms with Crippen molar-refractivity contribution in [2.24, 2.45) is 35.5 Å². The number of piperidine rings is 1. The maximum Gasteiger partial charge on any atom is 0.326 e. The lowest BCUT2D eigenvalue weighted by molar-refractivity contribution is -0.263. The first-order valence-electron chi connectivity index (χ1n) is 23.2. The number of methoxy groups -OCH3 is 2. The smallest absolute Gasteiger partial charge is 0.326 e. The number of ketones is 3. The lowest BCUT2D eigenvalue weighted by atomic mass is 9.80. The van der Waals surface area contributed by atoms with Crippen molar-refractivity contribution in [2.45, 2.75) is 181 Å². The molecular weight excluding hydrogens is 775 g/mol. The Labute approximate surface area is 366 Å². The number of carbonyl (C=O) groups is 5. The first kappa shape index (κ1) is 52.1. The number of carboxylic acids is 1. The van der Waals surface area contributed by atoms with Gasteiger partial charge in [0.05, 0.1) is 12.2 Å². The van der Waals surface area contributed by atoms with Crippen LogP contribution in [0.25, 0.3) is 0 Å². The minimum Gasteiger partial charge on any atom is -0.480 e. The van der Waals surface area contributed by atoms with Gasteiger partial charge in [0.25, 0.3) is 11.7 Å². The Balaban J connectivity index is 1.41. The van der Waals surface area contributed by atoms with Crippen molar-refractivity contribution < 1.29 is 48.4 Å². The Hall–Kier alpha value is -3.25. The van der Waals surface area contributed by atoms with E-state index in [-0.39, 0.29) is 42.3 Å². The molecule has 0 radical (unpaired) electrons. The molecule has 2 saturated heterocycles. The number of Topliss-reactive ketones (excluding diaryl/α,β-unsaturated/α-hetero) is 3. The molecule has 11 nitrogen and oxygen atoms in total. The van der Waals surface area contributed by atoms with Gasteiger partial charge in [-0.2, -0.15) is 0 Å². The molecular formula is C50H79NO10. The molecule has 2 heterocycles. The number of aliphatic carboxylic acids is 1. The van der Waals surface area contributed by atoms with Gasteiger partial charge in [-0.05, 0) is 109 Å². The van der Waals surface area contributed by atoms with Crippen LogP contribution in [0.5, 0.6) is 0 Å². The largest absolute Gasteiger partial charge is 0.480 e. The first-order valence-corrected chi connectivity index (χ1v) is 23.2. The third-order valence-corrected chi connectivity index (χ3v) is 13.5. The maximum atomic E-state index is 13.4. The predicted molar refractivity (Wildman–Crippen MR) is 239 cm³/mol. The lowest BCUT2D eigenvalue weighted by Gasteiger charge is -2.42. The van der Waals surface area contributed by atoms with Crippen LogP contribution in [0.2, 0.25) is 0 Å². The van der Waals surface area contributed by atoms with Crippen LogP contribution in [-0.4, -0.2) is 95.2 Å². The number of aliphatic hydroxyl groups is 1. The van der Waals surface area contributed by atoms with E-state index >= 15 is 0 Å². The molecule has 2 aliphatic heterocycles. The van der Waals surface area contributed by atoms with E-state index in [1.807, 2.05) is 65.2 Å². The van der Waals surface area contributed by atoms with E-state index in [0.29, 0.717) is 75.7 Å².